The van der Waals surface area contributed by atoms with Crippen molar-refractivity contribution in [1.82, 2.24) is 34.4 Å². The van der Waals surface area contributed by atoms with E-state index in [1.165, 1.54) is 22.4 Å². The number of hydrogen-bond donors (Lipinski definition) is 2. The fraction of sp³-hybridized carbons (Fsp3) is 0.259. The number of amides is 1. The minimum absolute atomic E-state index is 0.253. The predicted molar refractivity (Wildman–Crippen MR) is 144 cm³/mol. The second kappa shape index (κ2) is 9.08. The first-order chi connectivity index (χ1) is 19.0. The quantitative estimate of drug-likeness (QED) is 0.361. The lowest BCUT2D eigenvalue weighted by atomic mass is 10.0. The molecule has 6 heterocycles. The molecule has 12 nitrogen and oxygen atoms in total. The number of nitrogens with one attached hydrogen (secondary N) is 1. The van der Waals surface area contributed by atoms with Gasteiger partial charge in [-0.3, -0.25) is 4.90 Å². The Bertz CT molecular complexity index is 1740. The van der Waals surface area contributed by atoms with Crippen molar-refractivity contribution in [2.75, 3.05) is 36.5 Å². The molecular formula is C27H25N9O3. The molecule has 5 aromatic rings. The Morgan fingerprint density at radius 3 is 2.92 bits per heavy atom. The van der Waals surface area contributed by atoms with Crippen LogP contribution in [0, 0.1) is 6.92 Å². The van der Waals surface area contributed by atoms with Gasteiger partial charge in [0.2, 0.25) is 0 Å². The lowest BCUT2D eigenvalue weighted by Crippen LogP contribution is -2.56. The third-order valence-electron chi connectivity index (χ3n) is 7.36. The van der Waals surface area contributed by atoms with Crippen LogP contribution in [0.4, 0.5) is 22.1 Å². The van der Waals surface area contributed by atoms with Crippen molar-refractivity contribution >= 4 is 40.1 Å². The number of anilines is 3. The molecule has 0 unspecified atom stereocenters. The molecule has 0 aliphatic carbocycles. The van der Waals surface area contributed by atoms with Gasteiger partial charge in [-0.15, -0.1) is 0 Å². The predicted octanol–water partition coefficient (Wildman–Crippen LogP) is 3.27. The van der Waals surface area contributed by atoms with Crippen LogP contribution >= 0.6 is 0 Å². The number of nitrogens with zero attached hydrogens (tertiary/aromatic N) is 8. The van der Waals surface area contributed by atoms with E-state index in [0.29, 0.717) is 48.1 Å². The summed E-state index contributed by atoms with van der Waals surface area (Å²) in [7, 11) is 0. The standard InChI is InChI=1S/C27H25N9O3/c1-16-8-19(3-2-18(16)9-17-4-5-36-23(10-17)29-15-31-36)32-25-24-21(28-14-30-25)11-22-26(33-24)34-6-7-35(27(37)38)20(12-34)13-39-22/h2-5,8,10-11,14-15,20H,6-7,9,12-13H2,1H3,(H,37,38)(H,28,30,32)/t20-/m0/s1. The maximum Gasteiger partial charge on any atom is 0.407 e. The van der Waals surface area contributed by atoms with Crippen LogP contribution in [0.2, 0.25) is 0 Å². The second-order valence-electron chi connectivity index (χ2n) is 9.83. The maximum atomic E-state index is 11.6. The third kappa shape index (κ3) is 4.19. The lowest BCUT2D eigenvalue weighted by Gasteiger charge is -2.37. The summed E-state index contributed by atoms with van der Waals surface area (Å²) < 4.78 is 7.76. The number of carboxylic acid groups (broad SMARTS) is 1. The summed E-state index contributed by atoms with van der Waals surface area (Å²) in [5.74, 6) is 1.88. The maximum absolute atomic E-state index is 11.6. The van der Waals surface area contributed by atoms with Crippen LogP contribution in [0.5, 0.6) is 5.75 Å². The summed E-state index contributed by atoms with van der Waals surface area (Å²) in [4.78, 5) is 33.2. The average Bonchev–Trinajstić information content (AvgIpc) is 3.36. The van der Waals surface area contributed by atoms with Gasteiger partial charge in [0.05, 0.1) is 11.6 Å². The van der Waals surface area contributed by atoms with Crippen LogP contribution in [-0.4, -0.2) is 77.9 Å². The molecule has 2 aliphatic rings. The number of aromatic nitrogens is 6. The van der Waals surface area contributed by atoms with Gasteiger partial charge in [0, 0.05) is 37.6 Å². The van der Waals surface area contributed by atoms with Crippen molar-refractivity contribution < 1.29 is 14.6 Å². The Balaban J connectivity index is 1.16. The van der Waals surface area contributed by atoms with Crippen LogP contribution in [0.1, 0.15) is 16.7 Å². The number of rotatable bonds is 4. The molecule has 7 rings (SSSR count). The van der Waals surface area contributed by atoms with Gasteiger partial charge in [-0.05, 0) is 54.3 Å². The first kappa shape index (κ1) is 23.1. The molecule has 12 heteroatoms. The fourth-order valence-electron chi connectivity index (χ4n) is 5.31. The lowest BCUT2D eigenvalue weighted by molar-refractivity contribution is 0.101. The number of hydrogen-bond acceptors (Lipinski definition) is 9. The van der Waals surface area contributed by atoms with E-state index in [1.807, 2.05) is 24.4 Å². The number of pyridine rings is 2. The molecule has 1 atom stereocenters. The van der Waals surface area contributed by atoms with E-state index in [1.54, 1.807) is 10.8 Å². The van der Waals surface area contributed by atoms with Gasteiger partial charge in [0.1, 0.15) is 24.8 Å². The van der Waals surface area contributed by atoms with Crippen molar-refractivity contribution in [3.8, 4) is 5.75 Å². The summed E-state index contributed by atoms with van der Waals surface area (Å²) in [6.45, 7) is 3.84. The van der Waals surface area contributed by atoms with Gasteiger partial charge in [-0.1, -0.05) is 6.07 Å². The van der Waals surface area contributed by atoms with Crippen LogP contribution in [-0.2, 0) is 6.42 Å². The normalized spacial score (nSPS) is 16.6. The van der Waals surface area contributed by atoms with Crippen LogP contribution < -0.4 is 15.0 Å². The highest BCUT2D eigenvalue weighted by molar-refractivity contribution is 5.90. The van der Waals surface area contributed by atoms with Crippen molar-refractivity contribution in [3.05, 3.63) is 71.9 Å². The molecule has 1 aromatic carbocycles. The minimum Gasteiger partial charge on any atom is -0.487 e. The van der Waals surface area contributed by atoms with E-state index in [4.69, 9.17) is 9.72 Å². The molecular weight excluding hydrogens is 498 g/mol. The molecule has 2 bridgehead atoms. The minimum atomic E-state index is -0.928. The third-order valence-corrected chi connectivity index (χ3v) is 7.36. The van der Waals surface area contributed by atoms with Crippen molar-refractivity contribution in [1.29, 1.82) is 0 Å². The van der Waals surface area contributed by atoms with Crippen LogP contribution in [0.3, 0.4) is 0 Å². The summed E-state index contributed by atoms with van der Waals surface area (Å²) in [5, 5.41) is 17.1. The molecule has 0 spiro atoms. The van der Waals surface area contributed by atoms with E-state index in [0.717, 1.165) is 23.3 Å². The number of ether oxygens (including phenoxy) is 1. The highest BCUT2D eigenvalue weighted by Crippen LogP contribution is 2.36. The zero-order valence-electron chi connectivity index (χ0n) is 21.2. The Kier molecular flexibility index (Phi) is 5.39. The Hall–Kier alpha value is -5.00. The zero-order valence-corrected chi connectivity index (χ0v) is 21.2. The first-order valence-corrected chi connectivity index (χ1v) is 12.7. The number of carbonyl (C=O) groups is 1. The van der Waals surface area contributed by atoms with Gasteiger partial charge in [0.15, 0.2) is 23.0 Å². The highest BCUT2D eigenvalue weighted by Gasteiger charge is 2.35. The first-order valence-electron chi connectivity index (χ1n) is 12.7. The molecule has 0 saturated carbocycles. The van der Waals surface area contributed by atoms with Gasteiger partial charge >= 0.3 is 6.09 Å². The van der Waals surface area contributed by atoms with E-state index in [9.17, 15) is 9.90 Å². The van der Waals surface area contributed by atoms with Crippen molar-refractivity contribution in [2.24, 2.45) is 0 Å². The number of aryl methyl sites for hydroxylation is 1. The Morgan fingerprint density at radius 2 is 2.05 bits per heavy atom. The largest absolute Gasteiger partial charge is 0.487 e. The van der Waals surface area contributed by atoms with Crippen LogP contribution in [0.25, 0.3) is 16.7 Å². The van der Waals surface area contributed by atoms with E-state index in [2.05, 4.69) is 55.4 Å². The number of piperazine rings is 1. The summed E-state index contributed by atoms with van der Waals surface area (Å²) in [6, 6.07) is 12.0. The van der Waals surface area contributed by atoms with Gasteiger partial charge in [-0.25, -0.2) is 29.2 Å². The van der Waals surface area contributed by atoms with Crippen molar-refractivity contribution in [3.63, 3.8) is 0 Å². The number of fused-ring (bicyclic) bond motifs is 6. The molecule has 2 aliphatic heterocycles. The molecule has 196 valence electrons. The molecule has 1 saturated heterocycles. The molecule has 4 aromatic heterocycles. The monoisotopic (exact) mass is 523 g/mol. The van der Waals surface area contributed by atoms with Crippen LogP contribution in [0.15, 0.2) is 55.2 Å². The van der Waals surface area contributed by atoms with E-state index >= 15 is 0 Å². The fourth-order valence-corrected chi connectivity index (χ4v) is 5.31. The topological polar surface area (TPSA) is 134 Å². The molecule has 2 N–H and O–H groups in total. The Morgan fingerprint density at radius 1 is 1.13 bits per heavy atom. The zero-order chi connectivity index (χ0) is 26.5. The Labute approximate surface area is 222 Å². The molecule has 39 heavy (non-hydrogen) atoms. The number of benzene rings is 1. The van der Waals surface area contributed by atoms with Gasteiger partial charge in [-0.2, -0.15) is 5.10 Å². The SMILES string of the molecule is Cc1cc(Nc2ncnc3cc4c(nc23)N2CCN(C(=O)O)[C@H](CO4)C2)ccc1Cc1ccn2ncnc2c1. The average molecular weight is 524 g/mol. The summed E-state index contributed by atoms with van der Waals surface area (Å²) in [6.07, 6.45) is 4.84. The second-order valence-corrected chi connectivity index (χ2v) is 9.83. The van der Waals surface area contributed by atoms with E-state index in [-0.39, 0.29) is 12.6 Å². The summed E-state index contributed by atoms with van der Waals surface area (Å²) in [5.41, 5.74) is 6.53. The van der Waals surface area contributed by atoms with E-state index < -0.39 is 6.09 Å². The van der Waals surface area contributed by atoms with Gasteiger partial charge < -0.3 is 20.1 Å². The molecule has 1 fully saturated rings. The van der Waals surface area contributed by atoms with Crippen molar-refractivity contribution in [2.45, 2.75) is 19.4 Å². The molecule has 0 radical (unpaired) electrons. The van der Waals surface area contributed by atoms with Gasteiger partial charge in [0.25, 0.3) is 0 Å². The highest BCUT2D eigenvalue weighted by atomic mass is 16.5. The molecule has 1 amide bonds. The summed E-state index contributed by atoms with van der Waals surface area (Å²) >= 11 is 0. The smallest absolute Gasteiger partial charge is 0.407 e.